The van der Waals surface area contributed by atoms with Gasteiger partial charge in [0.05, 0.1) is 10.6 Å². The van der Waals surface area contributed by atoms with Crippen LogP contribution in [0.5, 0.6) is 0 Å². The van der Waals surface area contributed by atoms with Crippen LogP contribution in [-0.2, 0) is 26.2 Å². The molecule has 1 N–H and O–H groups in total. The highest BCUT2D eigenvalue weighted by molar-refractivity contribution is 9.10. The lowest BCUT2D eigenvalue weighted by molar-refractivity contribution is -0.139. The lowest BCUT2D eigenvalue weighted by Crippen LogP contribution is -2.51. The number of amides is 2. The van der Waals surface area contributed by atoms with E-state index in [-0.39, 0.29) is 23.3 Å². The van der Waals surface area contributed by atoms with Crippen molar-refractivity contribution >= 4 is 55.1 Å². The average Bonchev–Trinajstić information content (AvgIpc) is 2.90. The molecule has 214 valence electrons. The van der Waals surface area contributed by atoms with E-state index in [0.29, 0.717) is 22.8 Å². The topological polar surface area (TPSA) is 86.8 Å². The minimum atomic E-state index is -4.17. The van der Waals surface area contributed by atoms with Crippen molar-refractivity contribution in [1.29, 1.82) is 0 Å². The van der Waals surface area contributed by atoms with Crippen molar-refractivity contribution in [3.05, 3.63) is 92.9 Å². The van der Waals surface area contributed by atoms with E-state index in [1.165, 1.54) is 23.1 Å². The summed E-state index contributed by atoms with van der Waals surface area (Å²) in [6.07, 6.45) is 0. The number of aryl methyl sites for hydroxylation is 2. The van der Waals surface area contributed by atoms with Gasteiger partial charge < -0.3 is 10.2 Å². The molecule has 1 atom stereocenters. The average molecular weight is 649 g/mol. The third-order valence-corrected chi connectivity index (χ3v) is 8.92. The number of carbonyl (C=O) groups is 2. The molecule has 7 nitrogen and oxygen atoms in total. The van der Waals surface area contributed by atoms with Crippen molar-refractivity contribution in [2.45, 2.75) is 52.1 Å². The molecule has 0 spiro atoms. The summed E-state index contributed by atoms with van der Waals surface area (Å²) in [6.45, 7) is 9.29. The van der Waals surface area contributed by atoms with Gasteiger partial charge in [-0.3, -0.25) is 13.9 Å². The van der Waals surface area contributed by atoms with Crippen LogP contribution in [0.3, 0.4) is 0 Å². The monoisotopic (exact) mass is 647 g/mol. The Bertz CT molecular complexity index is 1460. The maximum Gasteiger partial charge on any atom is 0.264 e. The van der Waals surface area contributed by atoms with Crippen LogP contribution < -0.4 is 9.62 Å². The molecule has 0 saturated carbocycles. The maximum absolute atomic E-state index is 14.0. The molecular formula is C30H35BrClN3O4S. The van der Waals surface area contributed by atoms with Gasteiger partial charge >= 0.3 is 0 Å². The smallest absolute Gasteiger partial charge is 0.264 e. The van der Waals surface area contributed by atoms with Crippen LogP contribution in [-0.4, -0.2) is 44.3 Å². The predicted octanol–water partition coefficient (Wildman–Crippen LogP) is 6.10. The molecule has 1 unspecified atom stereocenters. The molecule has 0 saturated heterocycles. The zero-order valence-corrected chi connectivity index (χ0v) is 26.5. The Morgan fingerprint density at radius 3 is 2.27 bits per heavy atom. The van der Waals surface area contributed by atoms with Gasteiger partial charge in [0.1, 0.15) is 12.6 Å². The molecule has 0 aliphatic carbocycles. The fraction of sp³-hybridized carbons (Fsp3) is 0.333. The summed E-state index contributed by atoms with van der Waals surface area (Å²) in [5, 5.41) is 3.22. The molecule has 0 radical (unpaired) electrons. The van der Waals surface area contributed by atoms with Crippen LogP contribution in [0, 0.1) is 19.8 Å². The first-order chi connectivity index (χ1) is 18.8. The number of nitrogens with one attached hydrogen (secondary N) is 1. The van der Waals surface area contributed by atoms with Crippen molar-refractivity contribution < 1.29 is 18.0 Å². The number of nitrogens with zero attached hydrogens (tertiary/aromatic N) is 2. The van der Waals surface area contributed by atoms with Crippen molar-refractivity contribution in [2.75, 3.05) is 17.4 Å². The number of sulfonamides is 1. The van der Waals surface area contributed by atoms with Crippen molar-refractivity contribution in [2.24, 2.45) is 5.92 Å². The van der Waals surface area contributed by atoms with Gasteiger partial charge in [0.25, 0.3) is 10.0 Å². The number of hydrogen-bond acceptors (Lipinski definition) is 4. The Kier molecular flexibility index (Phi) is 10.8. The predicted molar refractivity (Wildman–Crippen MR) is 164 cm³/mol. The van der Waals surface area contributed by atoms with Crippen LogP contribution in [0.2, 0.25) is 5.02 Å². The normalized spacial score (nSPS) is 12.2. The van der Waals surface area contributed by atoms with Crippen LogP contribution in [0.15, 0.2) is 76.1 Å². The Hall–Kier alpha value is -2.88. The Morgan fingerprint density at radius 2 is 1.65 bits per heavy atom. The SMILES string of the molecule is Cc1ccc(S(=O)(=O)N(CC(=O)N(Cc2cccc(Br)c2)C(C)C(=O)NCC(C)C)c2cc(Cl)ccc2C)cc1. The van der Waals surface area contributed by atoms with Crippen LogP contribution in [0.25, 0.3) is 0 Å². The fourth-order valence-electron chi connectivity index (χ4n) is 4.07. The molecule has 0 heterocycles. The van der Waals surface area contributed by atoms with E-state index >= 15 is 0 Å². The summed E-state index contributed by atoms with van der Waals surface area (Å²) in [6, 6.07) is 17.9. The highest BCUT2D eigenvalue weighted by Gasteiger charge is 2.33. The first-order valence-corrected chi connectivity index (χ1v) is 15.6. The lowest BCUT2D eigenvalue weighted by Gasteiger charge is -2.32. The molecule has 10 heteroatoms. The van der Waals surface area contributed by atoms with Crippen LogP contribution in [0.4, 0.5) is 5.69 Å². The molecule has 3 aromatic rings. The van der Waals surface area contributed by atoms with E-state index in [4.69, 9.17) is 11.6 Å². The van der Waals surface area contributed by atoms with E-state index in [0.717, 1.165) is 19.9 Å². The lowest BCUT2D eigenvalue weighted by atomic mass is 10.1. The molecule has 40 heavy (non-hydrogen) atoms. The van der Waals surface area contributed by atoms with E-state index in [1.807, 2.05) is 45.0 Å². The number of anilines is 1. The molecule has 0 aliphatic heterocycles. The molecular weight excluding hydrogens is 614 g/mol. The number of carbonyl (C=O) groups excluding carboxylic acids is 2. The third-order valence-electron chi connectivity index (χ3n) is 6.42. The van der Waals surface area contributed by atoms with Gasteiger partial charge in [0, 0.05) is 22.6 Å². The Labute approximate surface area is 250 Å². The second-order valence-corrected chi connectivity index (χ2v) is 13.4. The van der Waals surface area contributed by atoms with Gasteiger partial charge in [-0.05, 0) is 74.2 Å². The maximum atomic E-state index is 14.0. The summed E-state index contributed by atoms with van der Waals surface area (Å²) in [5.74, 6) is -0.613. The molecule has 3 aromatic carbocycles. The molecule has 0 bridgehead atoms. The zero-order valence-electron chi connectivity index (χ0n) is 23.3. The first kappa shape index (κ1) is 31.6. The first-order valence-electron chi connectivity index (χ1n) is 13.0. The van der Waals surface area contributed by atoms with Gasteiger partial charge in [0.15, 0.2) is 0 Å². The van der Waals surface area contributed by atoms with Gasteiger partial charge in [-0.1, -0.05) is 77.3 Å². The highest BCUT2D eigenvalue weighted by atomic mass is 79.9. The standard InChI is InChI=1S/C30H35BrClN3O4S/c1-20(2)17-33-30(37)23(5)34(18-24-7-6-8-25(31)15-24)29(36)19-35(28-16-26(32)12-11-22(28)4)40(38,39)27-13-9-21(3)10-14-27/h6-16,20,23H,17-19H2,1-5H3,(H,33,37). The summed E-state index contributed by atoms with van der Waals surface area (Å²) >= 11 is 9.73. The van der Waals surface area contributed by atoms with Crippen molar-refractivity contribution in [3.8, 4) is 0 Å². The van der Waals surface area contributed by atoms with Crippen molar-refractivity contribution in [1.82, 2.24) is 10.2 Å². The van der Waals surface area contributed by atoms with E-state index < -0.39 is 28.5 Å². The molecule has 3 rings (SSSR count). The van der Waals surface area contributed by atoms with E-state index in [1.54, 1.807) is 38.1 Å². The minimum absolute atomic E-state index is 0.0477. The second-order valence-electron chi connectivity index (χ2n) is 10.2. The summed E-state index contributed by atoms with van der Waals surface area (Å²) in [4.78, 5) is 28.6. The van der Waals surface area contributed by atoms with Crippen LogP contribution in [0.1, 0.15) is 37.5 Å². The highest BCUT2D eigenvalue weighted by Crippen LogP contribution is 2.30. The molecule has 0 fully saturated rings. The van der Waals surface area contributed by atoms with E-state index in [9.17, 15) is 18.0 Å². The summed E-state index contributed by atoms with van der Waals surface area (Å²) in [5.41, 5.74) is 2.62. The summed E-state index contributed by atoms with van der Waals surface area (Å²) in [7, 11) is -4.17. The number of rotatable bonds is 11. The van der Waals surface area contributed by atoms with Crippen LogP contribution >= 0.6 is 27.5 Å². The fourth-order valence-corrected chi connectivity index (χ4v) is 6.15. The second kappa shape index (κ2) is 13.7. The van der Waals surface area contributed by atoms with Gasteiger partial charge in [0.2, 0.25) is 11.8 Å². The zero-order chi connectivity index (χ0) is 29.6. The Balaban J connectivity index is 2.06. The van der Waals surface area contributed by atoms with Gasteiger partial charge in [-0.2, -0.15) is 0 Å². The molecule has 0 aromatic heterocycles. The largest absolute Gasteiger partial charge is 0.354 e. The summed E-state index contributed by atoms with van der Waals surface area (Å²) < 4.78 is 29.9. The van der Waals surface area contributed by atoms with Gasteiger partial charge in [-0.25, -0.2) is 8.42 Å². The quantitative estimate of drug-likeness (QED) is 0.272. The number of halogens is 2. The number of hydrogen-bond donors (Lipinski definition) is 1. The molecule has 0 aliphatic rings. The van der Waals surface area contributed by atoms with E-state index in [2.05, 4.69) is 21.2 Å². The van der Waals surface area contributed by atoms with Gasteiger partial charge in [-0.15, -0.1) is 0 Å². The Morgan fingerprint density at radius 1 is 0.975 bits per heavy atom. The third kappa shape index (κ3) is 8.08. The number of benzene rings is 3. The minimum Gasteiger partial charge on any atom is -0.354 e. The van der Waals surface area contributed by atoms with Crippen molar-refractivity contribution in [3.63, 3.8) is 0 Å². The molecule has 2 amide bonds.